The van der Waals surface area contributed by atoms with Gasteiger partial charge in [-0.25, -0.2) is 4.39 Å². The van der Waals surface area contributed by atoms with Crippen LogP contribution in [0.2, 0.25) is 0 Å². The van der Waals surface area contributed by atoms with Crippen LogP contribution in [-0.4, -0.2) is 46.5 Å². The maximum Gasteiger partial charge on any atom is 0.316 e. The van der Waals surface area contributed by atoms with Gasteiger partial charge in [-0.15, -0.1) is 0 Å². The highest BCUT2D eigenvalue weighted by molar-refractivity contribution is 6.40. The van der Waals surface area contributed by atoms with Crippen LogP contribution >= 0.6 is 0 Å². The number of aryl methyl sites for hydroxylation is 1. The highest BCUT2D eigenvalue weighted by atomic mass is 19.1. The largest absolute Gasteiger partial charge is 0.339 e. The van der Waals surface area contributed by atoms with Gasteiger partial charge in [0.15, 0.2) is 5.82 Å². The molecular formula is C21H23FN4O3. The summed E-state index contributed by atoms with van der Waals surface area (Å²) >= 11 is 0. The van der Waals surface area contributed by atoms with Crippen molar-refractivity contribution < 1.29 is 18.5 Å². The number of amides is 2. The number of hydrogen-bond acceptors (Lipinski definition) is 5. The number of carbonyl (C=O) groups excluding carboxylic acids is 2. The van der Waals surface area contributed by atoms with E-state index >= 15 is 0 Å². The zero-order chi connectivity index (χ0) is 20.2. The summed E-state index contributed by atoms with van der Waals surface area (Å²) in [5.41, 5.74) is 0.817. The first kappa shape index (κ1) is 18.3. The van der Waals surface area contributed by atoms with Crippen molar-refractivity contribution in [3.63, 3.8) is 0 Å². The van der Waals surface area contributed by atoms with Crippen LogP contribution in [0.5, 0.6) is 0 Å². The number of anilines is 1. The molecule has 1 atom stereocenters. The Morgan fingerprint density at radius 3 is 2.76 bits per heavy atom. The van der Waals surface area contributed by atoms with Gasteiger partial charge >= 0.3 is 11.8 Å². The molecule has 0 bridgehead atoms. The Kier molecular flexibility index (Phi) is 4.18. The molecular weight excluding hydrogens is 375 g/mol. The van der Waals surface area contributed by atoms with E-state index in [1.54, 1.807) is 24.0 Å². The lowest BCUT2D eigenvalue weighted by atomic mass is 9.65. The van der Waals surface area contributed by atoms with E-state index in [4.69, 9.17) is 4.52 Å². The lowest BCUT2D eigenvalue weighted by molar-refractivity contribution is -0.145. The van der Waals surface area contributed by atoms with Crippen LogP contribution in [0.25, 0.3) is 0 Å². The van der Waals surface area contributed by atoms with E-state index in [-0.39, 0.29) is 17.2 Å². The molecule has 2 aliphatic heterocycles. The summed E-state index contributed by atoms with van der Waals surface area (Å²) in [5.74, 6) is -0.409. The second kappa shape index (κ2) is 6.64. The Balaban J connectivity index is 1.37. The molecule has 2 amide bonds. The van der Waals surface area contributed by atoms with Crippen molar-refractivity contribution in [3.8, 4) is 0 Å². The minimum Gasteiger partial charge on any atom is -0.339 e. The van der Waals surface area contributed by atoms with Crippen molar-refractivity contribution in [3.05, 3.63) is 41.3 Å². The number of hydrogen-bond donors (Lipinski definition) is 0. The number of rotatable bonds is 1. The van der Waals surface area contributed by atoms with Crippen molar-refractivity contribution >= 4 is 17.5 Å². The van der Waals surface area contributed by atoms with Crippen LogP contribution in [0, 0.1) is 12.7 Å². The Morgan fingerprint density at radius 2 is 2.07 bits per heavy atom. The molecule has 8 heteroatoms. The van der Waals surface area contributed by atoms with E-state index in [1.807, 2.05) is 0 Å². The van der Waals surface area contributed by atoms with Crippen molar-refractivity contribution in [1.82, 2.24) is 15.0 Å². The van der Waals surface area contributed by atoms with Crippen LogP contribution < -0.4 is 4.90 Å². The number of likely N-dealkylation sites (tertiary alicyclic amines) is 1. The molecule has 1 unspecified atom stereocenters. The Labute approximate surface area is 167 Å². The number of nitrogens with zero attached hydrogens (tertiary/aromatic N) is 4. The van der Waals surface area contributed by atoms with Gasteiger partial charge in [-0.2, -0.15) is 4.98 Å². The van der Waals surface area contributed by atoms with Crippen LogP contribution in [-0.2, 0) is 15.0 Å². The normalized spacial score (nSPS) is 22.5. The standard InChI is InChI=1S/C21H23FN4O3/c1-13-23-18(29-24-13)14-5-3-10-25(11-14)19(27)20(28)26-12-21(8-4-9-21)17-15(22)6-2-7-16(17)26/h2,6-7,14H,3-5,8-12H2,1H3. The molecule has 29 heavy (non-hydrogen) atoms. The van der Waals surface area contributed by atoms with E-state index in [0.717, 1.165) is 32.1 Å². The van der Waals surface area contributed by atoms with Gasteiger partial charge in [0.25, 0.3) is 0 Å². The Morgan fingerprint density at radius 1 is 1.24 bits per heavy atom. The van der Waals surface area contributed by atoms with Crippen molar-refractivity contribution in [2.75, 3.05) is 24.5 Å². The van der Waals surface area contributed by atoms with Gasteiger partial charge in [-0.05, 0) is 44.7 Å². The average Bonchev–Trinajstić information content (AvgIpc) is 3.29. The van der Waals surface area contributed by atoms with E-state index < -0.39 is 11.8 Å². The van der Waals surface area contributed by atoms with Crippen molar-refractivity contribution in [2.24, 2.45) is 0 Å². The van der Waals surface area contributed by atoms with Crippen LogP contribution in [0.1, 0.15) is 55.3 Å². The van der Waals surface area contributed by atoms with Gasteiger partial charge in [0.05, 0.1) is 11.6 Å². The molecule has 1 aromatic heterocycles. The zero-order valence-corrected chi connectivity index (χ0v) is 16.4. The molecule has 0 N–H and O–H groups in total. The maximum absolute atomic E-state index is 14.6. The fourth-order valence-corrected chi connectivity index (χ4v) is 5.02. The topological polar surface area (TPSA) is 79.5 Å². The summed E-state index contributed by atoms with van der Waals surface area (Å²) in [6.07, 6.45) is 4.31. The Hall–Kier alpha value is -2.77. The fourth-order valence-electron chi connectivity index (χ4n) is 5.02. The fraction of sp³-hybridized carbons (Fsp3) is 0.524. The molecule has 3 heterocycles. The monoisotopic (exact) mass is 398 g/mol. The second-order valence-corrected chi connectivity index (χ2v) is 8.43. The summed E-state index contributed by atoms with van der Waals surface area (Å²) in [6, 6.07) is 4.79. The Bertz CT molecular complexity index is 984. The third-order valence-corrected chi connectivity index (χ3v) is 6.61. The zero-order valence-electron chi connectivity index (χ0n) is 16.4. The third kappa shape index (κ3) is 2.84. The number of aromatic nitrogens is 2. The van der Waals surface area contributed by atoms with Gasteiger partial charge in [0.2, 0.25) is 5.89 Å². The summed E-state index contributed by atoms with van der Waals surface area (Å²) in [5, 5.41) is 3.82. The lowest BCUT2D eigenvalue weighted by Crippen LogP contribution is -2.50. The van der Waals surface area contributed by atoms with Crippen LogP contribution in [0.4, 0.5) is 10.1 Å². The quantitative estimate of drug-likeness (QED) is 0.690. The number of benzene rings is 1. The van der Waals surface area contributed by atoms with Gasteiger partial charge in [-0.3, -0.25) is 9.59 Å². The van der Waals surface area contributed by atoms with Gasteiger partial charge in [-0.1, -0.05) is 17.6 Å². The molecule has 1 aliphatic carbocycles. The number of carbonyl (C=O) groups is 2. The predicted molar refractivity (Wildman–Crippen MR) is 102 cm³/mol. The summed E-state index contributed by atoms with van der Waals surface area (Å²) in [4.78, 5) is 33.5. The lowest BCUT2D eigenvalue weighted by Gasteiger charge is -2.39. The van der Waals surface area contributed by atoms with E-state index in [1.165, 1.54) is 11.0 Å². The minimum absolute atomic E-state index is 0.0667. The second-order valence-electron chi connectivity index (χ2n) is 8.43. The van der Waals surface area contributed by atoms with Crippen LogP contribution in [0.15, 0.2) is 22.7 Å². The van der Waals surface area contributed by atoms with Crippen molar-refractivity contribution in [1.29, 1.82) is 0 Å². The van der Waals surface area contributed by atoms with E-state index in [2.05, 4.69) is 10.1 Å². The highest BCUT2D eigenvalue weighted by Crippen LogP contribution is 2.53. The summed E-state index contributed by atoms with van der Waals surface area (Å²) in [7, 11) is 0. The molecule has 5 rings (SSSR count). The molecule has 7 nitrogen and oxygen atoms in total. The molecule has 3 aliphatic rings. The first-order valence-electron chi connectivity index (χ1n) is 10.2. The van der Waals surface area contributed by atoms with E-state index in [9.17, 15) is 14.0 Å². The molecule has 0 radical (unpaired) electrons. The highest BCUT2D eigenvalue weighted by Gasteiger charge is 2.51. The maximum atomic E-state index is 14.6. The molecule has 1 spiro atoms. The van der Waals surface area contributed by atoms with E-state index in [0.29, 0.717) is 42.6 Å². The molecule has 1 saturated carbocycles. The van der Waals surface area contributed by atoms with Gasteiger partial charge in [0, 0.05) is 30.6 Å². The van der Waals surface area contributed by atoms with Crippen LogP contribution in [0.3, 0.4) is 0 Å². The third-order valence-electron chi connectivity index (χ3n) is 6.61. The van der Waals surface area contributed by atoms with Gasteiger partial charge in [0.1, 0.15) is 5.82 Å². The molecule has 2 aromatic rings. The smallest absolute Gasteiger partial charge is 0.316 e. The predicted octanol–water partition coefficient (Wildman–Crippen LogP) is 2.69. The molecule has 1 saturated heterocycles. The first-order chi connectivity index (χ1) is 14.0. The number of halogens is 1. The molecule has 152 valence electrons. The molecule has 2 fully saturated rings. The SMILES string of the molecule is Cc1noc(C2CCCN(C(=O)C(=O)N3CC4(CCC4)c4c(F)cccc43)C2)n1. The van der Waals surface area contributed by atoms with Crippen molar-refractivity contribution in [2.45, 2.75) is 50.4 Å². The number of piperidine rings is 1. The average molecular weight is 398 g/mol. The summed E-state index contributed by atoms with van der Waals surface area (Å²) in [6.45, 7) is 3.03. The number of fused-ring (bicyclic) bond motifs is 2. The molecule has 1 aromatic carbocycles. The first-order valence-corrected chi connectivity index (χ1v) is 10.2. The summed E-state index contributed by atoms with van der Waals surface area (Å²) < 4.78 is 19.8. The van der Waals surface area contributed by atoms with Gasteiger partial charge < -0.3 is 14.3 Å². The minimum atomic E-state index is -0.581.